The summed E-state index contributed by atoms with van der Waals surface area (Å²) in [6.07, 6.45) is 11.7. The molecule has 0 aliphatic carbocycles. The van der Waals surface area contributed by atoms with E-state index >= 15 is 0 Å². The number of rotatable bonds is 13. The van der Waals surface area contributed by atoms with Crippen LogP contribution >= 0.6 is 19.1 Å². The Balaban J connectivity index is 1.67. The molecule has 0 radical (unpaired) electrons. The van der Waals surface area contributed by atoms with Gasteiger partial charge in [0.2, 0.25) is 0 Å². The van der Waals surface area contributed by atoms with Crippen molar-refractivity contribution in [1.29, 1.82) is 0 Å². The third-order valence-corrected chi connectivity index (χ3v) is 9.72. The van der Waals surface area contributed by atoms with E-state index in [-0.39, 0.29) is 17.9 Å². The second-order valence-corrected chi connectivity index (χ2v) is 13.9. The molecular formula is C31H43N2O5PS. The number of benzene rings is 1. The van der Waals surface area contributed by atoms with Crippen molar-refractivity contribution >= 4 is 41.4 Å². The molecule has 1 aliphatic heterocycles. The highest BCUT2D eigenvalue weighted by Gasteiger charge is 2.31. The molecule has 7 nitrogen and oxygen atoms in total. The van der Waals surface area contributed by atoms with Crippen molar-refractivity contribution in [2.45, 2.75) is 79.7 Å². The highest BCUT2D eigenvalue weighted by Crippen LogP contribution is 2.52. The molecule has 4 rings (SSSR count). The predicted octanol–water partition coefficient (Wildman–Crippen LogP) is 8.60. The maximum Gasteiger partial charge on any atom is 0.336 e. The van der Waals surface area contributed by atoms with E-state index < -0.39 is 7.60 Å². The van der Waals surface area contributed by atoms with Crippen LogP contribution in [0.5, 0.6) is 0 Å². The van der Waals surface area contributed by atoms with Gasteiger partial charge in [0.25, 0.3) is 0 Å². The van der Waals surface area contributed by atoms with E-state index in [9.17, 15) is 4.57 Å². The minimum atomic E-state index is -3.27. The molecule has 1 fully saturated rings. The highest BCUT2D eigenvalue weighted by atomic mass is 32.1. The maximum atomic E-state index is 13.2. The van der Waals surface area contributed by atoms with Gasteiger partial charge in [-0.25, -0.2) is 0 Å². The Labute approximate surface area is 243 Å². The Hall–Kier alpha value is -1.93. The lowest BCUT2D eigenvalue weighted by Crippen LogP contribution is -2.34. The van der Waals surface area contributed by atoms with Gasteiger partial charge >= 0.3 is 7.60 Å². The average Bonchev–Trinajstić information content (AvgIpc) is 3.41. The van der Waals surface area contributed by atoms with Crippen molar-refractivity contribution in [2.24, 2.45) is 5.41 Å². The molecule has 1 aromatic carbocycles. The third-order valence-electron chi connectivity index (χ3n) is 6.88. The second kappa shape index (κ2) is 13.8. The van der Waals surface area contributed by atoms with E-state index in [2.05, 4.69) is 61.3 Å². The Morgan fingerprint density at radius 2 is 1.62 bits per heavy atom. The molecule has 3 heterocycles. The van der Waals surface area contributed by atoms with E-state index in [0.29, 0.717) is 32.1 Å². The first kappa shape index (κ1) is 31.0. The van der Waals surface area contributed by atoms with Crippen LogP contribution in [0.3, 0.4) is 0 Å². The Morgan fingerprint density at radius 1 is 0.975 bits per heavy atom. The summed E-state index contributed by atoms with van der Waals surface area (Å²) in [6.45, 7) is 14.4. The predicted molar refractivity (Wildman–Crippen MR) is 164 cm³/mol. The summed E-state index contributed by atoms with van der Waals surface area (Å²) in [4.78, 5) is 4.68. The third kappa shape index (κ3) is 7.47. The first-order valence-electron chi connectivity index (χ1n) is 14.4. The topological polar surface area (TPSA) is 79.8 Å². The number of nitrogens with zero attached hydrogens (tertiary/aromatic N) is 2. The number of hydrogen-bond acceptors (Lipinski definition) is 8. The number of hydrogen-bond donors (Lipinski definition) is 0. The summed E-state index contributed by atoms with van der Waals surface area (Å²) >= 11 is 1.42. The molecule has 1 saturated heterocycles. The van der Waals surface area contributed by atoms with Gasteiger partial charge in [0, 0.05) is 28.1 Å². The van der Waals surface area contributed by atoms with Crippen LogP contribution in [0.25, 0.3) is 22.2 Å². The molecule has 0 atom stereocenters. The summed E-state index contributed by atoms with van der Waals surface area (Å²) in [5.41, 5.74) is 6.60. The van der Waals surface area contributed by atoms with Gasteiger partial charge in [0.05, 0.1) is 49.2 Å². The quantitative estimate of drug-likeness (QED) is 0.186. The lowest BCUT2D eigenvalue weighted by atomic mass is 9.91. The lowest BCUT2D eigenvalue weighted by Gasteiger charge is -2.35. The monoisotopic (exact) mass is 586 g/mol. The SMILES string of the molecule is CCCc1cc(C2OCC(C)(C)CO2)c(CCC)cc1C=Cc1cnc(CP(=O)(OCC)OCC)c2cnsc12. The number of pyridine rings is 1. The van der Waals surface area contributed by atoms with Crippen molar-refractivity contribution in [3.8, 4) is 0 Å². The summed E-state index contributed by atoms with van der Waals surface area (Å²) in [6, 6.07) is 4.60. The zero-order valence-electron chi connectivity index (χ0n) is 24.7. The minimum absolute atomic E-state index is 0.0326. The van der Waals surface area contributed by atoms with Gasteiger partial charge < -0.3 is 18.5 Å². The van der Waals surface area contributed by atoms with E-state index in [4.69, 9.17) is 18.5 Å². The average molecular weight is 587 g/mol. The van der Waals surface area contributed by atoms with Crippen LogP contribution in [0.4, 0.5) is 0 Å². The van der Waals surface area contributed by atoms with E-state index in [0.717, 1.165) is 46.9 Å². The fraction of sp³-hybridized carbons (Fsp3) is 0.548. The Bertz CT molecular complexity index is 1350. The minimum Gasteiger partial charge on any atom is -0.348 e. The van der Waals surface area contributed by atoms with Gasteiger partial charge in [-0.1, -0.05) is 58.8 Å². The molecular weight excluding hydrogens is 543 g/mol. The molecule has 0 unspecified atom stereocenters. The van der Waals surface area contributed by atoms with E-state index in [1.54, 1.807) is 6.20 Å². The Kier molecular flexibility index (Phi) is 10.7. The molecule has 0 saturated carbocycles. The largest absolute Gasteiger partial charge is 0.348 e. The van der Waals surface area contributed by atoms with Crippen molar-refractivity contribution in [3.05, 3.63) is 58.0 Å². The number of ether oxygens (including phenoxy) is 2. The van der Waals surface area contributed by atoms with Crippen LogP contribution in [0, 0.1) is 5.41 Å². The molecule has 3 aromatic rings. The molecule has 2 aromatic heterocycles. The van der Waals surface area contributed by atoms with Crippen LogP contribution in [0.1, 0.15) is 94.2 Å². The summed E-state index contributed by atoms with van der Waals surface area (Å²) in [5.74, 6) is 0. The highest BCUT2D eigenvalue weighted by molar-refractivity contribution is 7.53. The number of aryl methyl sites for hydroxylation is 2. The standard InChI is InChI=1S/C31H43N2O5PS/c1-7-11-22-16-26(30-35-20-31(5,6)21-36-30)24(12-8-2)15-23(22)13-14-25-17-32-28(27-18-33-40-29(25)27)19-39(34,37-9-3)38-10-4/h13-18,30H,7-12,19-21H2,1-6H3. The number of aromatic nitrogens is 2. The lowest BCUT2D eigenvalue weighted by molar-refractivity contribution is -0.226. The molecule has 40 heavy (non-hydrogen) atoms. The molecule has 0 amide bonds. The number of fused-ring (bicyclic) bond motifs is 1. The molecule has 0 spiro atoms. The molecule has 218 valence electrons. The summed E-state index contributed by atoms with van der Waals surface area (Å²) in [5, 5.41) is 0.886. The van der Waals surface area contributed by atoms with Crippen LogP contribution in [-0.2, 0) is 42.1 Å². The second-order valence-electron chi connectivity index (χ2n) is 11.0. The summed E-state index contributed by atoms with van der Waals surface area (Å²) < 4.78 is 42.0. The van der Waals surface area contributed by atoms with Gasteiger partial charge in [0.15, 0.2) is 6.29 Å². The first-order valence-corrected chi connectivity index (χ1v) is 16.9. The molecule has 1 aliphatic rings. The normalized spacial score (nSPS) is 16.4. The zero-order chi connectivity index (χ0) is 28.8. The van der Waals surface area contributed by atoms with Crippen molar-refractivity contribution < 1.29 is 23.1 Å². The zero-order valence-corrected chi connectivity index (χ0v) is 26.4. The van der Waals surface area contributed by atoms with Crippen LogP contribution < -0.4 is 0 Å². The van der Waals surface area contributed by atoms with Gasteiger partial charge in [-0.15, -0.1) is 0 Å². The Morgan fingerprint density at radius 3 is 2.27 bits per heavy atom. The molecule has 9 heteroatoms. The summed E-state index contributed by atoms with van der Waals surface area (Å²) in [7, 11) is -3.27. The van der Waals surface area contributed by atoms with Crippen molar-refractivity contribution in [2.75, 3.05) is 26.4 Å². The van der Waals surface area contributed by atoms with Crippen LogP contribution in [0.15, 0.2) is 24.5 Å². The fourth-order valence-corrected chi connectivity index (χ4v) is 7.43. The van der Waals surface area contributed by atoms with E-state index in [1.807, 2.05) is 20.0 Å². The van der Waals surface area contributed by atoms with Gasteiger partial charge in [-0.05, 0) is 61.0 Å². The smallest absolute Gasteiger partial charge is 0.336 e. The van der Waals surface area contributed by atoms with Crippen LogP contribution in [-0.4, -0.2) is 35.8 Å². The van der Waals surface area contributed by atoms with Gasteiger partial charge in [-0.3, -0.25) is 9.55 Å². The van der Waals surface area contributed by atoms with Crippen LogP contribution in [0.2, 0.25) is 0 Å². The molecule has 0 bridgehead atoms. The van der Waals surface area contributed by atoms with Crippen molar-refractivity contribution in [3.63, 3.8) is 0 Å². The van der Waals surface area contributed by atoms with Gasteiger partial charge in [-0.2, -0.15) is 4.37 Å². The molecule has 0 N–H and O–H groups in total. The maximum absolute atomic E-state index is 13.2. The van der Waals surface area contributed by atoms with Crippen molar-refractivity contribution in [1.82, 2.24) is 9.36 Å². The van der Waals surface area contributed by atoms with E-state index in [1.165, 1.54) is 28.2 Å². The van der Waals surface area contributed by atoms with Gasteiger partial charge in [0.1, 0.15) is 0 Å². The fourth-order valence-electron chi connectivity index (χ4n) is 5.00. The first-order chi connectivity index (χ1) is 19.2.